The van der Waals surface area contributed by atoms with Crippen LogP contribution in [0.1, 0.15) is 35.3 Å². The molecule has 1 aliphatic rings. The second-order valence-electron chi connectivity index (χ2n) is 7.70. The third-order valence-corrected chi connectivity index (χ3v) is 5.84. The molecule has 6 nitrogen and oxygen atoms in total. The maximum atomic E-state index is 13.0. The zero-order chi connectivity index (χ0) is 24.9. The molecule has 0 spiro atoms. The third-order valence-electron chi connectivity index (χ3n) is 5.25. The van der Waals surface area contributed by atoms with Gasteiger partial charge in [0.15, 0.2) is 11.5 Å². The van der Waals surface area contributed by atoms with Gasteiger partial charge in [-0.1, -0.05) is 53.5 Å². The van der Waals surface area contributed by atoms with E-state index in [1.165, 1.54) is 0 Å². The molecule has 1 heterocycles. The number of benzene rings is 3. The monoisotopic (exact) mass is 508 g/mol. The van der Waals surface area contributed by atoms with Gasteiger partial charge in [-0.2, -0.15) is 10.1 Å². The van der Waals surface area contributed by atoms with E-state index >= 15 is 0 Å². The SMILES string of the molecule is CCOc1cc(/C=C2/C(=O)N(C(=O)c3ccccc3)N=C2C)ccc1OCc1ccc(Cl)cc1Cl. The summed E-state index contributed by atoms with van der Waals surface area (Å²) in [5.41, 5.74) is 2.67. The molecule has 0 fully saturated rings. The van der Waals surface area contributed by atoms with Crippen molar-refractivity contribution in [1.82, 2.24) is 5.01 Å². The fourth-order valence-electron chi connectivity index (χ4n) is 3.49. The number of imide groups is 1. The summed E-state index contributed by atoms with van der Waals surface area (Å²) in [4.78, 5) is 25.7. The largest absolute Gasteiger partial charge is 0.490 e. The molecule has 8 heteroatoms. The zero-order valence-electron chi connectivity index (χ0n) is 19.1. The van der Waals surface area contributed by atoms with Gasteiger partial charge in [-0.15, -0.1) is 0 Å². The zero-order valence-corrected chi connectivity index (χ0v) is 20.6. The van der Waals surface area contributed by atoms with Crippen LogP contribution in [0, 0.1) is 0 Å². The summed E-state index contributed by atoms with van der Waals surface area (Å²) in [6.45, 7) is 4.22. The first-order chi connectivity index (χ1) is 16.9. The summed E-state index contributed by atoms with van der Waals surface area (Å²) < 4.78 is 11.7. The van der Waals surface area contributed by atoms with Crippen LogP contribution in [0.15, 0.2) is 77.4 Å². The predicted octanol–water partition coefficient (Wildman–Crippen LogP) is 6.41. The second-order valence-corrected chi connectivity index (χ2v) is 8.54. The predicted molar refractivity (Wildman–Crippen MR) is 137 cm³/mol. The van der Waals surface area contributed by atoms with Crippen LogP contribution in [0.25, 0.3) is 6.08 Å². The lowest BCUT2D eigenvalue weighted by Gasteiger charge is -2.14. The van der Waals surface area contributed by atoms with Crippen molar-refractivity contribution in [2.75, 3.05) is 6.61 Å². The smallest absolute Gasteiger partial charge is 0.283 e. The van der Waals surface area contributed by atoms with Crippen molar-refractivity contribution in [2.24, 2.45) is 5.10 Å². The third kappa shape index (κ3) is 5.56. The lowest BCUT2D eigenvalue weighted by Crippen LogP contribution is -2.29. The first-order valence-electron chi connectivity index (χ1n) is 10.9. The molecule has 178 valence electrons. The highest BCUT2D eigenvalue weighted by molar-refractivity contribution is 6.35. The molecular formula is C27H22Cl2N2O4. The summed E-state index contributed by atoms with van der Waals surface area (Å²) in [7, 11) is 0. The Morgan fingerprint density at radius 2 is 1.77 bits per heavy atom. The highest BCUT2D eigenvalue weighted by Gasteiger charge is 2.33. The fourth-order valence-corrected chi connectivity index (χ4v) is 3.95. The van der Waals surface area contributed by atoms with Gasteiger partial charge < -0.3 is 9.47 Å². The van der Waals surface area contributed by atoms with Crippen molar-refractivity contribution in [3.05, 3.63) is 99.0 Å². The van der Waals surface area contributed by atoms with Crippen molar-refractivity contribution < 1.29 is 19.1 Å². The van der Waals surface area contributed by atoms with E-state index < -0.39 is 11.8 Å². The van der Waals surface area contributed by atoms with Crippen LogP contribution >= 0.6 is 23.2 Å². The average Bonchev–Trinajstić information content (AvgIpc) is 3.13. The molecule has 0 atom stereocenters. The Labute approximate surface area is 213 Å². The number of hydrazone groups is 1. The number of nitrogens with zero attached hydrogens (tertiary/aromatic N) is 2. The van der Waals surface area contributed by atoms with E-state index in [0.717, 1.165) is 10.6 Å². The summed E-state index contributed by atoms with van der Waals surface area (Å²) >= 11 is 12.2. The minimum Gasteiger partial charge on any atom is -0.490 e. The molecule has 2 amide bonds. The van der Waals surface area contributed by atoms with E-state index in [-0.39, 0.29) is 6.61 Å². The summed E-state index contributed by atoms with van der Waals surface area (Å²) in [6, 6.07) is 19.1. The number of carbonyl (C=O) groups excluding carboxylic acids is 2. The maximum Gasteiger partial charge on any atom is 0.283 e. The lowest BCUT2D eigenvalue weighted by molar-refractivity contribution is -0.123. The molecule has 1 aliphatic heterocycles. The molecule has 0 aromatic heterocycles. The first-order valence-corrected chi connectivity index (χ1v) is 11.7. The standard InChI is InChI=1S/C27H22Cl2N2O4/c1-3-34-25-14-18(9-12-24(25)35-16-20-10-11-21(28)15-23(20)29)13-22-17(2)30-31(27(22)33)26(32)19-7-5-4-6-8-19/h4-15H,3,16H2,1-2H3/b22-13+. The minimum atomic E-state index is -0.480. The first kappa shape index (κ1) is 24.5. The Morgan fingerprint density at radius 3 is 2.49 bits per heavy atom. The van der Waals surface area contributed by atoms with Gasteiger partial charge in [0.25, 0.3) is 11.8 Å². The normalized spacial score (nSPS) is 14.3. The van der Waals surface area contributed by atoms with Gasteiger partial charge in [0, 0.05) is 21.2 Å². The Kier molecular flexibility index (Phi) is 7.54. The lowest BCUT2D eigenvalue weighted by atomic mass is 10.1. The number of carbonyl (C=O) groups is 2. The van der Waals surface area contributed by atoms with Crippen molar-refractivity contribution in [3.8, 4) is 11.5 Å². The molecule has 4 rings (SSSR count). The fraction of sp³-hybridized carbons (Fsp3) is 0.148. The molecule has 0 bridgehead atoms. The van der Waals surface area contributed by atoms with Gasteiger partial charge in [-0.3, -0.25) is 9.59 Å². The molecule has 0 radical (unpaired) electrons. The van der Waals surface area contributed by atoms with Crippen LogP contribution in [0.5, 0.6) is 11.5 Å². The van der Waals surface area contributed by atoms with Gasteiger partial charge in [-0.25, -0.2) is 0 Å². The van der Waals surface area contributed by atoms with Gasteiger partial charge in [-0.05, 0) is 61.9 Å². The van der Waals surface area contributed by atoms with Gasteiger partial charge in [0.2, 0.25) is 0 Å². The average molecular weight is 509 g/mol. The number of hydrogen-bond donors (Lipinski definition) is 0. The van der Waals surface area contributed by atoms with E-state index in [0.29, 0.717) is 50.6 Å². The molecule has 3 aromatic carbocycles. The molecule has 35 heavy (non-hydrogen) atoms. The number of rotatable bonds is 7. The highest BCUT2D eigenvalue weighted by Crippen LogP contribution is 2.32. The van der Waals surface area contributed by atoms with E-state index in [1.54, 1.807) is 79.7 Å². The quantitative estimate of drug-likeness (QED) is 0.273. The number of amides is 2. The van der Waals surface area contributed by atoms with Crippen LogP contribution in [-0.4, -0.2) is 29.1 Å². The van der Waals surface area contributed by atoms with Gasteiger partial charge >= 0.3 is 0 Å². The van der Waals surface area contributed by atoms with E-state index in [1.807, 2.05) is 6.92 Å². The van der Waals surface area contributed by atoms with Crippen molar-refractivity contribution in [3.63, 3.8) is 0 Å². The summed E-state index contributed by atoms with van der Waals surface area (Å²) in [5, 5.41) is 6.14. The van der Waals surface area contributed by atoms with Crippen LogP contribution in [0.2, 0.25) is 10.0 Å². The summed E-state index contributed by atoms with van der Waals surface area (Å²) in [6.07, 6.45) is 1.68. The van der Waals surface area contributed by atoms with Crippen LogP contribution in [-0.2, 0) is 11.4 Å². The molecule has 0 N–H and O–H groups in total. The molecule has 0 saturated heterocycles. The van der Waals surface area contributed by atoms with Crippen LogP contribution in [0.4, 0.5) is 0 Å². The maximum absolute atomic E-state index is 13.0. The van der Waals surface area contributed by atoms with Crippen molar-refractivity contribution in [2.45, 2.75) is 20.5 Å². The van der Waals surface area contributed by atoms with E-state index in [4.69, 9.17) is 32.7 Å². The Balaban J connectivity index is 1.55. The minimum absolute atomic E-state index is 0.233. The van der Waals surface area contributed by atoms with Gasteiger partial charge in [0.05, 0.1) is 17.9 Å². The molecule has 0 unspecified atom stereocenters. The number of hydrogen-bond acceptors (Lipinski definition) is 5. The highest BCUT2D eigenvalue weighted by atomic mass is 35.5. The van der Waals surface area contributed by atoms with Crippen LogP contribution in [0.3, 0.4) is 0 Å². The van der Waals surface area contributed by atoms with Crippen molar-refractivity contribution >= 4 is 46.8 Å². The molecular weight excluding hydrogens is 487 g/mol. The molecule has 3 aromatic rings. The Hall–Kier alpha value is -3.61. The molecule has 0 saturated carbocycles. The number of ether oxygens (including phenoxy) is 2. The summed E-state index contributed by atoms with van der Waals surface area (Å²) in [5.74, 6) is 0.0956. The Morgan fingerprint density at radius 1 is 1.00 bits per heavy atom. The second kappa shape index (κ2) is 10.8. The Bertz CT molecular complexity index is 1340. The van der Waals surface area contributed by atoms with E-state index in [9.17, 15) is 9.59 Å². The van der Waals surface area contributed by atoms with Crippen molar-refractivity contribution in [1.29, 1.82) is 0 Å². The topological polar surface area (TPSA) is 68.2 Å². The van der Waals surface area contributed by atoms with Crippen LogP contribution < -0.4 is 9.47 Å². The van der Waals surface area contributed by atoms with E-state index in [2.05, 4.69) is 5.10 Å². The molecule has 0 aliphatic carbocycles. The number of halogens is 2. The van der Waals surface area contributed by atoms with Gasteiger partial charge in [0.1, 0.15) is 6.61 Å².